The van der Waals surface area contributed by atoms with Gasteiger partial charge in [0.25, 0.3) is 5.91 Å². The van der Waals surface area contributed by atoms with Gasteiger partial charge in [-0.05, 0) is 25.1 Å². The second-order valence-corrected chi connectivity index (χ2v) is 7.97. The number of hydrogen-bond acceptors (Lipinski definition) is 4. The number of anilines is 1. The third-order valence-corrected chi connectivity index (χ3v) is 6.23. The summed E-state index contributed by atoms with van der Waals surface area (Å²) in [6.07, 6.45) is 0. The molecule has 0 unspecified atom stereocenters. The van der Waals surface area contributed by atoms with Crippen LogP contribution in [0.1, 0.15) is 15.2 Å². The van der Waals surface area contributed by atoms with E-state index in [0.717, 1.165) is 15.6 Å². The Morgan fingerprint density at radius 1 is 1.24 bits per heavy atom. The Labute approximate surface area is 176 Å². The minimum absolute atomic E-state index is 0.0779. The number of thiophene rings is 1. The van der Waals surface area contributed by atoms with Gasteiger partial charge in [0.1, 0.15) is 17.3 Å². The highest BCUT2D eigenvalue weighted by Crippen LogP contribution is 2.35. The van der Waals surface area contributed by atoms with Crippen LogP contribution in [0.15, 0.2) is 53.5 Å². The molecule has 1 saturated heterocycles. The van der Waals surface area contributed by atoms with Crippen molar-refractivity contribution in [3.63, 3.8) is 0 Å². The van der Waals surface area contributed by atoms with Gasteiger partial charge in [-0.3, -0.25) is 4.79 Å². The molecule has 144 valence electrons. The Morgan fingerprint density at radius 2 is 1.97 bits per heavy atom. The van der Waals surface area contributed by atoms with Gasteiger partial charge >= 0.3 is 6.03 Å². The molecule has 0 atom stereocenters. The fourth-order valence-electron chi connectivity index (χ4n) is 3.13. The molecular formula is C21H15ClN4O2S. The van der Waals surface area contributed by atoms with E-state index in [0.29, 0.717) is 15.6 Å². The lowest BCUT2D eigenvalue weighted by atomic mass is 10.2. The SMILES string of the molecule is Cc1ccc(N2C(=O)N(CC#N)CC2=NC(=O)c2sc3ccccc3c2Cl)cc1. The van der Waals surface area contributed by atoms with Gasteiger partial charge in [-0.2, -0.15) is 10.3 Å². The summed E-state index contributed by atoms with van der Waals surface area (Å²) < 4.78 is 0.894. The van der Waals surface area contributed by atoms with E-state index in [1.54, 1.807) is 12.1 Å². The van der Waals surface area contributed by atoms with Crippen LogP contribution in [0.3, 0.4) is 0 Å². The fraction of sp³-hybridized carbons (Fsp3) is 0.143. The summed E-state index contributed by atoms with van der Waals surface area (Å²) in [5, 5.41) is 10.2. The van der Waals surface area contributed by atoms with Crippen molar-refractivity contribution in [1.82, 2.24) is 4.90 Å². The number of nitrogens with zero attached hydrogens (tertiary/aromatic N) is 4. The topological polar surface area (TPSA) is 76.8 Å². The first-order valence-corrected chi connectivity index (χ1v) is 10.0. The number of benzene rings is 2. The van der Waals surface area contributed by atoms with Crippen molar-refractivity contribution in [2.24, 2.45) is 4.99 Å². The Bertz CT molecular complexity index is 1190. The van der Waals surface area contributed by atoms with Gasteiger partial charge in [0.05, 0.1) is 23.3 Å². The second-order valence-electron chi connectivity index (χ2n) is 6.54. The van der Waals surface area contributed by atoms with Crippen molar-refractivity contribution in [2.45, 2.75) is 6.92 Å². The molecule has 3 aromatic rings. The Hall–Kier alpha value is -3.21. The molecule has 1 fully saturated rings. The van der Waals surface area contributed by atoms with Crippen molar-refractivity contribution in [3.8, 4) is 6.07 Å². The van der Waals surface area contributed by atoms with Gasteiger partial charge in [0.15, 0.2) is 0 Å². The molecule has 0 saturated carbocycles. The molecule has 3 amide bonds. The van der Waals surface area contributed by atoms with E-state index in [4.69, 9.17) is 16.9 Å². The fourth-order valence-corrected chi connectivity index (χ4v) is 4.52. The van der Waals surface area contributed by atoms with Crippen LogP contribution < -0.4 is 4.90 Å². The van der Waals surface area contributed by atoms with Gasteiger partial charge in [-0.1, -0.05) is 47.5 Å². The number of carbonyl (C=O) groups excluding carboxylic acids is 2. The predicted octanol–water partition coefficient (Wildman–Crippen LogP) is 4.87. The average Bonchev–Trinajstić information content (AvgIpc) is 3.21. The number of carbonyl (C=O) groups is 2. The van der Waals surface area contributed by atoms with E-state index in [1.165, 1.54) is 21.1 Å². The van der Waals surface area contributed by atoms with E-state index < -0.39 is 5.91 Å². The highest BCUT2D eigenvalue weighted by Gasteiger charge is 2.36. The first-order valence-electron chi connectivity index (χ1n) is 8.81. The monoisotopic (exact) mass is 422 g/mol. The van der Waals surface area contributed by atoms with Crippen molar-refractivity contribution in [2.75, 3.05) is 18.0 Å². The molecule has 0 spiro atoms. The molecule has 8 heteroatoms. The summed E-state index contributed by atoms with van der Waals surface area (Å²) in [5.74, 6) is -0.234. The van der Waals surface area contributed by atoms with E-state index >= 15 is 0 Å². The largest absolute Gasteiger partial charge is 0.331 e. The number of fused-ring (bicyclic) bond motifs is 1. The highest BCUT2D eigenvalue weighted by atomic mass is 35.5. The third kappa shape index (κ3) is 3.48. The number of nitriles is 1. The molecule has 1 aromatic heterocycles. The molecule has 29 heavy (non-hydrogen) atoms. The van der Waals surface area contributed by atoms with Crippen LogP contribution in [-0.4, -0.2) is 35.8 Å². The zero-order valence-corrected chi connectivity index (χ0v) is 17.0. The van der Waals surface area contributed by atoms with E-state index in [2.05, 4.69) is 4.99 Å². The minimum atomic E-state index is -0.505. The number of aliphatic imine (C=N–C) groups is 1. The van der Waals surface area contributed by atoms with Gasteiger partial charge in [0, 0.05) is 10.1 Å². The van der Waals surface area contributed by atoms with Crippen molar-refractivity contribution < 1.29 is 9.59 Å². The molecule has 4 rings (SSSR count). The van der Waals surface area contributed by atoms with Crippen LogP contribution >= 0.6 is 22.9 Å². The summed E-state index contributed by atoms with van der Waals surface area (Å²) in [7, 11) is 0. The first kappa shape index (κ1) is 19.1. The summed E-state index contributed by atoms with van der Waals surface area (Å²) in [4.78, 5) is 33.0. The average molecular weight is 423 g/mol. The molecule has 1 aliphatic heterocycles. The molecule has 6 nitrogen and oxygen atoms in total. The second kappa shape index (κ2) is 7.66. The van der Waals surface area contributed by atoms with Gasteiger partial charge in [-0.15, -0.1) is 11.3 Å². The van der Waals surface area contributed by atoms with E-state index in [-0.39, 0.29) is 25.0 Å². The molecule has 0 N–H and O–H groups in total. The first-order chi connectivity index (χ1) is 14.0. The number of hydrogen-bond donors (Lipinski definition) is 0. The predicted molar refractivity (Wildman–Crippen MR) is 115 cm³/mol. The van der Waals surface area contributed by atoms with E-state index in [1.807, 2.05) is 49.4 Å². The summed E-state index contributed by atoms with van der Waals surface area (Å²) >= 11 is 7.67. The molecule has 0 aliphatic carbocycles. The van der Waals surface area contributed by atoms with Gasteiger partial charge < -0.3 is 4.90 Å². The van der Waals surface area contributed by atoms with Crippen LogP contribution in [0.2, 0.25) is 5.02 Å². The van der Waals surface area contributed by atoms with Crippen LogP contribution in [0.25, 0.3) is 10.1 Å². The Kier molecular flexibility index (Phi) is 5.05. The normalized spacial score (nSPS) is 15.3. The lowest BCUT2D eigenvalue weighted by Gasteiger charge is -2.16. The lowest BCUT2D eigenvalue weighted by molar-refractivity contribution is 0.101. The Morgan fingerprint density at radius 3 is 2.66 bits per heavy atom. The van der Waals surface area contributed by atoms with Crippen molar-refractivity contribution in [1.29, 1.82) is 5.26 Å². The summed E-state index contributed by atoms with van der Waals surface area (Å²) in [6, 6.07) is 16.4. The minimum Gasteiger partial charge on any atom is -0.303 e. The molecule has 2 aromatic carbocycles. The quantitative estimate of drug-likeness (QED) is 0.565. The van der Waals surface area contributed by atoms with Crippen LogP contribution in [0.5, 0.6) is 0 Å². The maximum atomic E-state index is 12.9. The zero-order chi connectivity index (χ0) is 20.5. The molecular weight excluding hydrogens is 408 g/mol. The number of amides is 3. The number of aryl methyl sites for hydroxylation is 1. The number of amidine groups is 1. The molecule has 0 radical (unpaired) electrons. The number of halogens is 1. The van der Waals surface area contributed by atoms with Crippen molar-refractivity contribution >= 4 is 56.5 Å². The van der Waals surface area contributed by atoms with Gasteiger partial charge in [-0.25, -0.2) is 9.69 Å². The lowest BCUT2D eigenvalue weighted by Crippen LogP contribution is -2.33. The number of rotatable bonds is 3. The van der Waals surface area contributed by atoms with Crippen LogP contribution in [-0.2, 0) is 0 Å². The molecule has 2 heterocycles. The Balaban J connectivity index is 1.75. The summed E-state index contributed by atoms with van der Waals surface area (Å²) in [5.41, 5.74) is 1.64. The standard InChI is InChI=1S/C21H15ClN4O2S/c1-13-6-8-14(9-7-13)26-17(12-25(11-10-23)21(26)28)24-20(27)19-18(22)15-4-2-3-5-16(15)29-19/h2-9H,11-12H2,1H3. The van der Waals surface area contributed by atoms with Gasteiger partial charge in [0.2, 0.25) is 0 Å². The highest BCUT2D eigenvalue weighted by molar-refractivity contribution is 7.21. The van der Waals surface area contributed by atoms with Crippen molar-refractivity contribution in [3.05, 3.63) is 64.0 Å². The smallest absolute Gasteiger partial charge is 0.303 e. The summed E-state index contributed by atoms with van der Waals surface area (Å²) in [6.45, 7) is 1.94. The third-order valence-electron chi connectivity index (χ3n) is 4.57. The molecule has 1 aliphatic rings. The molecule has 0 bridgehead atoms. The van der Waals surface area contributed by atoms with Crippen LogP contribution in [0, 0.1) is 18.3 Å². The zero-order valence-electron chi connectivity index (χ0n) is 15.4. The number of urea groups is 1. The maximum Gasteiger partial charge on any atom is 0.331 e. The van der Waals surface area contributed by atoms with E-state index in [9.17, 15) is 9.59 Å². The van der Waals surface area contributed by atoms with Crippen LogP contribution in [0.4, 0.5) is 10.5 Å². The maximum absolute atomic E-state index is 12.9.